The Morgan fingerprint density at radius 1 is 1.27 bits per heavy atom. The maximum Gasteiger partial charge on any atom is 0.423 e. The summed E-state index contributed by atoms with van der Waals surface area (Å²) < 4.78 is 109. The fraction of sp³-hybridized carbons (Fsp3) is 0.727. The Morgan fingerprint density at radius 2 is 1.77 bits per heavy atom. The maximum atomic E-state index is 13.4. The van der Waals surface area contributed by atoms with Gasteiger partial charge in [-0.05, 0) is 6.92 Å². The van der Waals surface area contributed by atoms with Crippen LogP contribution in [0, 0.1) is 0 Å². The molecule has 1 aliphatic rings. The van der Waals surface area contributed by atoms with Gasteiger partial charge in [0, 0.05) is 6.42 Å². The van der Waals surface area contributed by atoms with Crippen molar-refractivity contribution >= 4 is 5.97 Å². The van der Waals surface area contributed by atoms with E-state index in [1.165, 1.54) is 0 Å². The molecular formula is C11H10F8O3. The molecule has 0 aliphatic carbocycles. The summed E-state index contributed by atoms with van der Waals surface area (Å²) in [6, 6.07) is 0. The smallest absolute Gasteiger partial charge is 0.423 e. The number of carbonyl (C=O) groups is 1. The molecule has 0 radical (unpaired) electrons. The summed E-state index contributed by atoms with van der Waals surface area (Å²) in [4.78, 5) is 11.0. The average Bonchev–Trinajstić information content (AvgIpc) is 2.55. The molecule has 1 heterocycles. The summed E-state index contributed by atoms with van der Waals surface area (Å²) in [5.74, 6) is -6.29. The van der Waals surface area contributed by atoms with Gasteiger partial charge >= 0.3 is 18.3 Å². The second kappa shape index (κ2) is 5.36. The number of halogens is 8. The molecule has 0 spiro atoms. The lowest BCUT2D eigenvalue weighted by Crippen LogP contribution is -2.54. The Morgan fingerprint density at radius 3 is 2.14 bits per heavy atom. The Bertz CT molecular complexity index is 467. The van der Waals surface area contributed by atoms with Gasteiger partial charge in [0.25, 0.3) is 5.92 Å². The monoisotopic (exact) mass is 342 g/mol. The van der Waals surface area contributed by atoms with Gasteiger partial charge < -0.3 is 9.47 Å². The van der Waals surface area contributed by atoms with Gasteiger partial charge in [-0.1, -0.05) is 6.58 Å². The first-order valence-electron chi connectivity index (χ1n) is 5.67. The minimum atomic E-state index is -5.41. The number of esters is 1. The molecule has 1 aliphatic heterocycles. The van der Waals surface area contributed by atoms with Gasteiger partial charge in [0.1, 0.15) is 12.2 Å². The SMILES string of the molecule is C=C(C(=O)OCC1CC(F)(F)C(C)(C(F)(F)F)O1)C(F)(F)F. The third kappa shape index (κ3) is 3.33. The number of alkyl halides is 8. The highest BCUT2D eigenvalue weighted by atomic mass is 19.4. The van der Waals surface area contributed by atoms with Crippen molar-refractivity contribution in [1.82, 2.24) is 0 Å². The lowest BCUT2D eigenvalue weighted by Gasteiger charge is -2.31. The van der Waals surface area contributed by atoms with Gasteiger partial charge in [0.15, 0.2) is 0 Å². The van der Waals surface area contributed by atoms with Crippen LogP contribution in [-0.2, 0) is 14.3 Å². The van der Waals surface area contributed by atoms with Gasteiger partial charge in [-0.3, -0.25) is 0 Å². The van der Waals surface area contributed by atoms with Gasteiger partial charge in [0.2, 0.25) is 5.60 Å². The predicted octanol–water partition coefficient (Wildman–Crippen LogP) is 3.39. The fourth-order valence-corrected chi connectivity index (χ4v) is 1.68. The lowest BCUT2D eigenvalue weighted by atomic mass is 9.97. The van der Waals surface area contributed by atoms with Crippen molar-refractivity contribution in [1.29, 1.82) is 0 Å². The van der Waals surface area contributed by atoms with Crippen molar-refractivity contribution in [2.45, 2.75) is 43.3 Å². The zero-order valence-corrected chi connectivity index (χ0v) is 10.9. The number of hydrogen-bond acceptors (Lipinski definition) is 3. The molecule has 0 amide bonds. The van der Waals surface area contributed by atoms with Crippen LogP contribution in [0.1, 0.15) is 13.3 Å². The molecule has 0 saturated carbocycles. The van der Waals surface area contributed by atoms with E-state index in [9.17, 15) is 39.9 Å². The molecule has 3 nitrogen and oxygen atoms in total. The molecule has 0 aromatic rings. The van der Waals surface area contributed by atoms with Gasteiger partial charge in [0.05, 0.1) is 6.10 Å². The highest BCUT2D eigenvalue weighted by Gasteiger charge is 2.72. The van der Waals surface area contributed by atoms with Crippen LogP contribution >= 0.6 is 0 Å². The first-order chi connectivity index (χ1) is 9.62. The van der Waals surface area contributed by atoms with Gasteiger partial charge in [-0.15, -0.1) is 0 Å². The molecule has 1 saturated heterocycles. The van der Waals surface area contributed by atoms with Crippen molar-refractivity contribution in [3.05, 3.63) is 12.2 Å². The molecule has 2 unspecified atom stereocenters. The molecule has 128 valence electrons. The van der Waals surface area contributed by atoms with E-state index in [4.69, 9.17) is 0 Å². The summed E-state index contributed by atoms with van der Waals surface area (Å²) in [5.41, 5.74) is -5.71. The standard InChI is InChI=1S/C11H10F8O3/c1-5(10(14,15)16)7(20)21-4-6-3-9(12,13)8(2,22-6)11(17,18)19/h6H,1,3-4H2,2H3. The zero-order chi connectivity index (χ0) is 17.6. The molecule has 2 atom stereocenters. The van der Waals surface area contributed by atoms with E-state index in [0.717, 1.165) is 0 Å². The Hall–Kier alpha value is -1.39. The number of hydrogen-bond donors (Lipinski definition) is 0. The molecule has 0 bridgehead atoms. The highest BCUT2D eigenvalue weighted by molar-refractivity contribution is 5.89. The van der Waals surface area contributed by atoms with Crippen LogP contribution in [0.25, 0.3) is 0 Å². The zero-order valence-electron chi connectivity index (χ0n) is 10.9. The summed E-state index contributed by atoms with van der Waals surface area (Å²) in [5, 5.41) is 0. The van der Waals surface area contributed by atoms with Crippen LogP contribution in [0.4, 0.5) is 35.1 Å². The third-order valence-corrected chi connectivity index (χ3v) is 3.11. The number of ether oxygens (including phenoxy) is 2. The Balaban J connectivity index is 2.72. The van der Waals surface area contributed by atoms with Gasteiger partial charge in [-0.25, -0.2) is 13.6 Å². The quantitative estimate of drug-likeness (QED) is 0.448. The first kappa shape index (κ1) is 18.7. The summed E-state index contributed by atoms with van der Waals surface area (Å²) in [7, 11) is 0. The molecule has 0 N–H and O–H groups in total. The summed E-state index contributed by atoms with van der Waals surface area (Å²) >= 11 is 0. The van der Waals surface area contributed by atoms with Crippen molar-refractivity contribution < 1.29 is 49.4 Å². The van der Waals surface area contributed by atoms with Crippen LogP contribution in [0.15, 0.2) is 12.2 Å². The fourth-order valence-electron chi connectivity index (χ4n) is 1.68. The minimum absolute atomic E-state index is 0.115. The maximum absolute atomic E-state index is 13.4. The van der Waals surface area contributed by atoms with Crippen LogP contribution in [0.2, 0.25) is 0 Å². The molecule has 11 heteroatoms. The van der Waals surface area contributed by atoms with Crippen LogP contribution in [0.3, 0.4) is 0 Å². The van der Waals surface area contributed by atoms with Crippen LogP contribution in [-0.4, -0.2) is 42.6 Å². The van der Waals surface area contributed by atoms with E-state index in [-0.39, 0.29) is 6.92 Å². The van der Waals surface area contributed by atoms with Crippen molar-refractivity contribution in [2.24, 2.45) is 0 Å². The van der Waals surface area contributed by atoms with Crippen molar-refractivity contribution in [3.8, 4) is 0 Å². The minimum Gasteiger partial charge on any atom is -0.459 e. The molecule has 0 aromatic heterocycles. The second-order valence-corrected chi connectivity index (χ2v) is 4.75. The largest absolute Gasteiger partial charge is 0.459 e. The average molecular weight is 342 g/mol. The van der Waals surface area contributed by atoms with Crippen LogP contribution in [0.5, 0.6) is 0 Å². The van der Waals surface area contributed by atoms with E-state index in [0.29, 0.717) is 0 Å². The van der Waals surface area contributed by atoms with E-state index in [1.807, 2.05) is 0 Å². The van der Waals surface area contributed by atoms with E-state index in [2.05, 4.69) is 16.1 Å². The summed E-state index contributed by atoms with van der Waals surface area (Å²) in [6.07, 6.45) is -13.9. The summed E-state index contributed by atoms with van der Waals surface area (Å²) in [6.45, 7) is 1.33. The Labute approximate surface area is 118 Å². The highest BCUT2D eigenvalue weighted by Crippen LogP contribution is 2.52. The Kier molecular flexibility index (Phi) is 4.54. The predicted molar refractivity (Wildman–Crippen MR) is 55.1 cm³/mol. The number of rotatable bonds is 3. The van der Waals surface area contributed by atoms with E-state index >= 15 is 0 Å². The van der Waals surface area contributed by atoms with E-state index < -0.39 is 54.6 Å². The molecule has 22 heavy (non-hydrogen) atoms. The van der Waals surface area contributed by atoms with Crippen molar-refractivity contribution in [3.63, 3.8) is 0 Å². The normalized spacial score (nSPS) is 28.5. The van der Waals surface area contributed by atoms with Crippen molar-refractivity contribution in [2.75, 3.05) is 6.61 Å². The first-order valence-corrected chi connectivity index (χ1v) is 5.67. The topological polar surface area (TPSA) is 35.5 Å². The molecular weight excluding hydrogens is 332 g/mol. The molecule has 1 rings (SSSR count). The second-order valence-electron chi connectivity index (χ2n) is 4.75. The van der Waals surface area contributed by atoms with Gasteiger partial charge in [-0.2, -0.15) is 26.3 Å². The number of carbonyl (C=O) groups excluding carboxylic acids is 1. The third-order valence-electron chi connectivity index (χ3n) is 3.11. The molecule has 1 fully saturated rings. The van der Waals surface area contributed by atoms with Crippen LogP contribution < -0.4 is 0 Å². The van der Waals surface area contributed by atoms with E-state index in [1.54, 1.807) is 0 Å². The molecule has 0 aromatic carbocycles. The lowest BCUT2D eigenvalue weighted by molar-refractivity contribution is -0.314.